The van der Waals surface area contributed by atoms with Crippen LogP contribution in [0.5, 0.6) is 0 Å². The zero-order valence-electron chi connectivity index (χ0n) is 19.7. The van der Waals surface area contributed by atoms with Crippen LogP contribution in [0.25, 0.3) is 0 Å². The first-order chi connectivity index (χ1) is 14.9. The number of nitrogens with zero attached hydrogens (tertiary/aromatic N) is 2. The first-order valence-corrected chi connectivity index (χ1v) is 13.0. The van der Waals surface area contributed by atoms with E-state index in [9.17, 15) is 9.59 Å². The topological polar surface area (TPSA) is 58.9 Å². The summed E-state index contributed by atoms with van der Waals surface area (Å²) in [4.78, 5) is 27.1. The predicted molar refractivity (Wildman–Crippen MR) is 128 cm³/mol. The minimum Gasteiger partial charge on any atom is -0.211 e. The van der Waals surface area contributed by atoms with E-state index in [-0.39, 0.29) is 0 Å². The van der Waals surface area contributed by atoms with E-state index >= 15 is 0 Å². The van der Waals surface area contributed by atoms with E-state index in [0.29, 0.717) is 13.1 Å². The normalized spacial score (nSPS) is 10.5. The summed E-state index contributed by atoms with van der Waals surface area (Å²) in [5, 5.41) is 0. The Morgan fingerprint density at radius 3 is 0.633 bits per heavy atom. The minimum absolute atomic E-state index is 0.659. The second kappa shape index (κ2) is 27.8. The fraction of sp³-hybridized carbons (Fsp3) is 0.923. The van der Waals surface area contributed by atoms with Gasteiger partial charge in [-0.3, -0.25) is 0 Å². The lowest BCUT2D eigenvalue weighted by atomic mass is 10.0. The molecule has 174 valence electrons. The van der Waals surface area contributed by atoms with Gasteiger partial charge in [-0.05, 0) is 12.8 Å². The molecule has 0 aliphatic heterocycles. The number of hydrogen-bond donors (Lipinski definition) is 0. The first-order valence-electron chi connectivity index (χ1n) is 13.0. The van der Waals surface area contributed by atoms with Crippen molar-refractivity contribution in [2.75, 3.05) is 13.1 Å². The second-order valence-electron chi connectivity index (χ2n) is 8.72. The third-order valence-electron chi connectivity index (χ3n) is 5.92. The molecule has 0 aliphatic rings. The van der Waals surface area contributed by atoms with Crippen molar-refractivity contribution >= 4 is 12.2 Å². The fourth-order valence-electron chi connectivity index (χ4n) is 4.01. The molecular formula is C26H48N2O2. The third kappa shape index (κ3) is 26.8. The molecule has 4 nitrogen and oxygen atoms in total. The van der Waals surface area contributed by atoms with Gasteiger partial charge in [0, 0.05) is 0 Å². The number of carbonyl (C=O) groups excluding carboxylic acids is 2. The van der Waals surface area contributed by atoms with Crippen LogP contribution in [-0.4, -0.2) is 25.2 Å². The van der Waals surface area contributed by atoms with Crippen LogP contribution in [-0.2, 0) is 9.59 Å². The van der Waals surface area contributed by atoms with Crippen LogP contribution in [0.4, 0.5) is 0 Å². The molecule has 0 amide bonds. The number of isocyanates is 2. The molecule has 0 atom stereocenters. The molecule has 0 aromatic rings. The van der Waals surface area contributed by atoms with E-state index in [1.54, 1.807) is 12.2 Å². The molecule has 0 heterocycles. The summed E-state index contributed by atoms with van der Waals surface area (Å²) in [6.07, 6.45) is 32.6. The van der Waals surface area contributed by atoms with E-state index in [0.717, 1.165) is 12.8 Å². The highest BCUT2D eigenvalue weighted by Crippen LogP contribution is 2.15. The first kappa shape index (κ1) is 28.8. The van der Waals surface area contributed by atoms with Gasteiger partial charge in [-0.2, -0.15) is 0 Å². The molecule has 0 aromatic carbocycles. The molecule has 30 heavy (non-hydrogen) atoms. The van der Waals surface area contributed by atoms with Crippen LogP contribution >= 0.6 is 0 Å². The van der Waals surface area contributed by atoms with E-state index in [2.05, 4.69) is 9.98 Å². The standard InChI is InChI=1S/C26H48N2O2/c29-25-27-23-21-19-17-15-13-11-9-7-5-3-1-2-4-6-8-10-12-14-16-18-20-22-24-28-26-30/h1-24H2. The fourth-order valence-corrected chi connectivity index (χ4v) is 4.01. The maximum atomic E-state index is 9.94. The van der Waals surface area contributed by atoms with Crippen molar-refractivity contribution in [2.24, 2.45) is 9.98 Å². The summed E-state index contributed by atoms with van der Waals surface area (Å²) < 4.78 is 0. The summed E-state index contributed by atoms with van der Waals surface area (Å²) in [6.45, 7) is 1.32. The van der Waals surface area contributed by atoms with Gasteiger partial charge in [-0.15, -0.1) is 0 Å². The van der Waals surface area contributed by atoms with Gasteiger partial charge in [0.05, 0.1) is 13.1 Å². The van der Waals surface area contributed by atoms with Gasteiger partial charge in [0.15, 0.2) is 0 Å². The summed E-state index contributed by atoms with van der Waals surface area (Å²) in [7, 11) is 0. The highest BCUT2D eigenvalue weighted by atomic mass is 16.1. The van der Waals surface area contributed by atoms with Gasteiger partial charge >= 0.3 is 0 Å². The number of unbranched alkanes of at least 4 members (excludes halogenated alkanes) is 21. The molecule has 0 aliphatic carbocycles. The van der Waals surface area contributed by atoms with Crippen molar-refractivity contribution in [2.45, 2.75) is 141 Å². The predicted octanol–water partition coefficient (Wildman–Crippen LogP) is 8.24. The molecule has 0 aromatic heterocycles. The average Bonchev–Trinajstić information content (AvgIpc) is 2.76. The number of rotatable bonds is 25. The van der Waals surface area contributed by atoms with Gasteiger partial charge in [0.25, 0.3) is 0 Å². The van der Waals surface area contributed by atoms with Crippen molar-refractivity contribution in [3.63, 3.8) is 0 Å². The van der Waals surface area contributed by atoms with E-state index in [4.69, 9.17) is 0 Å². The quantitative estimate of drug-likeness (QED) is 0.0848. The maximum absolute atomic E-state index is 9.94. The van der Waals surface area contributed by atoms with Gasteiger partial charge < -0.3 is 0 Å². The lowest BCUT2D eigenvalue weighted by Gasteiger charge is -2.04. The SMILES string of the molecule is O=C=NCCCCCCCCCCCCCCCCCCCCCCCCN=C=O. The molecule has 0 bridgehead atoms. The molecule has 4 heteroatoms. The Hall–Kier alpha value is -1.24. The Kier molecular flexibility index (Phi) is 26.6. The Labute approximate surface area is 186 Å². The molecule has 0 saturated carbocycles. The molecule has 0 rings (SSSR count). The third-order valence-corrected chi connectivity index (χ3v) is 5.92. The summed E-state index contributed by atoms with van der Waals surface area (Å²) >= 11 is 0. The summed E-state index contributed by atoms with van der Waals surface area (Å²) in [5.41, 5.74) is 0. The summed E-state index contributed by atoms with van der Waals surface area (Å²) in [6, 6.07) is 0. The molecule has 0 radical (unpaired) electrons. The van der Waals surface area contributed by atoms with Crippen LogP contribution < -0.4 is 0 Å². The summed E-state index contributed by atoms with van der Waals surface area (Å²) in [5.74, 6) is 0. The lowest BCUT2D eigenvalue weighted by Crippen LogP contribution is -1.85. The van der Waals surface area contributed by atoms with Crippen molar-refractivity contribution in [1.82, 2.24) is 0 Å². The minimum atomic E-state index is 0.659. The van der Waals surface area contributed by atoms with Crippen LogP contribution in [0.2, 0.25) is 0 Å². The van der Waals surface area contributed by atoms with Crippen molar-refractivity contribution in [3.8, 4) is 0 Å². The smallest absolute Gasteiger partial charge is 0.211 e. The maximum Gasteiger partial charge on any atom is 0.234 e. The molecule has 0 fully saturated rings. The van der Waals surface area contributed by atoms with Crippen molar-refractivity contribution < 1.29 is 9.59 Å². The highest BCUT2D eigenvalue weighted by molar-refractivity contribution is 5.32. The molecule has 0 spiro atoms. The number of aliphatic imine (C=N–C) groups is 2. The largest absolute Gasteiger partial charge is 0.234 e. The molecular weight excluding hydrogens is 372 g/mol. The highest BCUT2D eigenvalue weighted by Gasteiger charge is 1.96. The Bertz CT molecular complexity index is 387. The lowest BCUT2D eigenvalue weighted by molar-refractivity contribution is 0.518. The molecule has 0 N–H and O–H groups in total. The Balaban J connectivity index is 3.01. The van der Waals surface area contributed by atoms with E-state index < -0.39 is 0 Å². The van der Waals surface area contributed by atoms with Crippen molar-refractivity contribution in [1.29, 1.82) is 0 Å². The molecule has 0 unspecified atom stereocenters. The van der Waals surface area contributed by atoms with Crippen LogP contribution in [0.3, 0.4) is 0 Å². The molecule has 0 saturated heterocycles. The number of hydrogen-bond acceptors (Lipinski definition) is 4. The zero-order chi connectivity index (χ0) is 21.8. The Morgan fingerprint density at radius 1 is 0.300 bits per heavy atom. The van der Waals surface area contributed by atoms with Gasteiger partial charge in [0.2, 0.25) is 12.2 Å². The van der Waals surface area contributed by atoms with E-state index in [1.807, 2.05) is 0 Å². The zero-order valence-corrected chi connectivity index (χ0v) is 19.7. The average molecular weight is 421 g/mol. The second-order valence-corrected chi connectivity index (χ2v) is 8.72. The monoisotopic (exact) mass is 420 g/mol. The van der Waals surface area contributed by atoms with Crippen molar-refractivity contribution in [3.05, 3.63) is 0 Å². The van der Waals surface area contributed by atoms with Gasteiger partial charge in [-0.25, -0.2) is 19.6 Å². The van der Waals surface area contributed by atoms with Crippen LogP contribution in [0.1, 0.15) is 141 Å². The van der Waals surface area contributed by atoms with Crippen LogP contribution in [0.15, 0.2) is 9.98 Å². The van der Waals surface area contributed by atoms with Crippen LogP contribution in [0, 0.1) is 0 Å². The van der Waals surface area contributed by atoms with E-state index in [1.165, 1.54) is 128 Å². The Morgan fingerprint density at radius 2 is 0.467 bits per heavy atom. The van der Waals surface area contributed by atoms with Gasteiger partial charge in [0.1, 0.15) is 0 Å². The van der Waals surface area contributed by atoms with Gasteiger partial charge in [-0.1, -0.05) is 128 Å².